The van der Waals surface area contributed by atoms with Crippen LogP contribution < -0.4 is 10.6 Å². The highest BCUT2D eigenvalue weighted by atomic mass is 32.2. The van der Waals surface area contributed by atoms with Gasteiger partial charge in [0.05, 0.1) is 12.3 Å². The monoisotopic (exact) mass is 339 g/mol. The number of carbonyl (C=O) groups is 2. The Morgan fingerprint density at radius 2 is 2.00 bits per heavy atom. The van der Waals surface area contributed by atoms with E-state index in [-0.39, 0.29) is 17.7 Å². The van der Waals surface area contributed by atoms with Crippen molar-refractivity contribution >= 4 is 23.7 Å². The highest BCUT2D eigenvalue weighted by Crippen LogP contribution is 2.19. The van der Waals surface area contributed by atoms with E-state index in [1.807, 2.05) is 0 Å². The van der Waals surface area contributed by atoms with Gasteiger partial charge in [-0.05, 0) is 38.8 Å². The largest absolute Gasteiger partial charge is 0.415 e. The molecular formula is C14H21N5O3S. The second-order valence-corrected chi connectivity index (χ2v) is 6.81. The molecular weight excluding hydrogens is 318 g/mol. The van der Waals surface area contributed by atoms with Crippen molar-refractivity contribution in [2.24, 2.45) is 0 Å². The van der Waals surface area contributed by atoms with Gasteiger partial charge in [0, 0.05) is 6.04 Å². The molecule has 0 spiro atoms. The van der Waals surface area contributed by atoms with Crippen LogP contribution in [0.25, 0.3) is 0 Å². The number of piperidine rings is 1. The molecule has 8 nitrogen and oxygen atoms in total. The Balaban J connectivity index is 1.37. The first-order valence-electron chi connectivity index (χ1n) is 7.97. The lowest BCUT2D eigenvalue weighted by atomic mass is 10.1. The van der Waals surface area contributed by atoms with Crippen molar-refractivity contribution in [2.45, 2.75) is 49.9 Å². The number of hydrogen-bond donors (Lipinski definition) is 2. The lowest BCUT2D eigenvalue weighted by molar-refractivity contribution is -0.117. The van der Waals surface area contributed by atoms with Gasteiger partial charge in [-0.25, -0.2) is 4.79 Å². The summed E-state index contributed by atoms with van der Waals surface area (Å²) in [5, 5.41) is 13.3. The predicted octanol–water partition coefficient (Wildman–Crippen LogP) is 1.14. The Bertz CT molecular complexity index is 554. The highest BCUT2D eigenvalue weighted by molar-refractivity contribution is 7.99. The minimum Gasteiger partial charge on any atom is -0.415 e. The maximum Gasteiger partial charge on any atom is 0.321 e. The number of aromatic nitrogens is 2. The van der Waals surface area contributed by atoms with Crippen LogP contribution in [0.15, 0.2) is 9.64 Å². The molecule has 1 aromatic rings. The van der Waals surface area contributed by atoms with Gasteiger partial charge >= 0.3 is 6.03 Å². The minimum absolute atomic E-state index is 0.0729. The average Bonchev–Trinajstić information content (AvgIpc) is 3.23. The number of nitrogens with zero attached hydrogens (tertiary/aromatic N) is 3. The molecule has 0 bridgehead atoms. The molecule has 0 radical (unpaired) electrons. The quantitative estimate of drug-likeness (QED) is 0.749. The fourth-order valence-corrected chi connectivity index (χ4v) is 2.99. The Hall–Kier alpha value is -1.61. The molecule has 0 aromatic carbocycles. The van der Waals surface area contributed by atoms with Crippen LogP contribution in [0.5, 0.6) is 0 Å². The zero-order chi connectivity index (χ0) is 16.1. The SMILES string of the molecule is O=C(CSc1nnc(CN2CCCCC2)o1)NC(=O)NC1CC1. The molecule has 2 heterocycles. The third-order valence-corrected chi connectivity index (χ3v) is 4.57. The van der Waals surface area contributed by atoms with Crippen molar-refractivity contribution in [3.05, 3.63) is 5.89 Å². The molecule has 0 unspecified atom stereocenters. The standard InChI is InChI=1S/C14H21N5O3S/c20-11(16-13(21)15-10-4-5-10)9-23-14-18-17-12(22-14)8-19-6-2-1-3-7-19/h10H,1-9H2,(H2,15,16,20,21). The van der Waals surface area contributed by atoms with Gasteiger partial charge in [-0.1, -0.05) is 18.2 Å². The van der Waals surface area contributed by atoms with Crippen molar-refractivity contribution in [1.82, 2.24) is 25.7 Å². The van der Waals surface area contributed by atoms with Crippen molar-refractivity contribution in [2.75, 3.05) is 18.8 Å². The Labute approximate surface area is 138 Å². The first kappa shape index (κ1) is 16.3. The molecule has 1 aromatic heterocycles. The van der Waals surface area contributed by atoms with Crippen LogP contribution in [0.2, 0.25) is 0 Å². The summed E-state index contributed by atoms with van der Waals surface area (Å²) in [5.74, 6) is 0.272. The van der Waals surface area contributed by atoms with Gasteiger partial charge in [-0.15, -0.1) is 10.2 Å². The molecule has 1 aliphatic carbocycles. The number of rotatable bonds is 6. The van der Waals surface area contributed by atoms with Gasteiger partial charge < -0.3 is 9.73 Å². The van der Waals surface area contributed by atoms with E-state index in [9.17, 15) is 9.59 Å². The van der Waals surface area contributed by atoms with Crippen molar-refractivity contribution in [3.8, 4) is 0 Å². The molecule has 1 aliphatic heterocycles. The van der Waals surface area contributed by atoms with Crippen LogP contribution in [0.3, 0.4) is 0 Å². The van der Waals surface area contributed by atoms with Gasteiger partial charge in [0.2, 0.25) is 11.8 Å². The van der Waals surface area contributed by atoms with Crippen molar-refractivity contribution in [1.29, 1.82) is 0 Å². The maximum atomic E-state index is 11.7. The smallest absolute Gasteiger partial charge is 0.321 e. The van der Waals surface area contributed by atoms with E-state index in [1.165, 1.54) is 19.3 Å². The van der Waals surface area contributed by atoms with Gasteiger partial charge in [0.1, 0.15) is 0 Å². The fraction of sp³-hybridized carbons (Fsp3) is 0.714. The van der Waals surface area contributed by atoms with Crippen LogP contribution in [-0.2, 0) is 11.3 Å². The van der Waals surface area contributed by atoms with Gasteiger partial charge in [-0.3, -0.25) is 15.0 Å². The third-order valence-electron chi connectivity index (χ3n) is 3.75. The van der Waals surface area contributed by atoms with Crippen LogP contribution in [0, 0.1) is 0 Å². The second-order valence-electron chi connectivity index (χ2n) is 5.88. The number of amides is 3. The molecule has 1 saturated heterocycles. The number of carbonyl (C=O) groups excluding carboxylic acids is 2. The van der Waals surface area contributed by atoms with Crippen LogP contribution in [-0.4, -0.2) is 51.9 Å². The molecule has 2 N–H and O–H groups in total. The molecule has 3 rings (SSSR count). The van der Waals surface area contributed by atoms with E-state index in [0.29, 0.717) is 17.7 Å². The lowest BCUT2D eigenvalue weighted by Gasteiger charge is -2.24. The Morgan fingerprint density at radius 1 is 1.22 bits per heavy atom. The summed E-state index contributed by atoms with van der Waals surface area (Å²) < 4.78 is 5.53. The number of thioether (sulfide) groups is 1. The number of nitrogens with one attached hydrogen (secondary N) is 2. The van der Waals surface area contributed by atoms with Gasteiger partial charge in [0.25, 0.3) is 5.22 Å². The average molecular weight is 339 g/mol. The zero-order valence-corrected chi connectivity index (χ0v) is 13.7. The molecule has 1 saturated carbocycles. The third kappa shape index (κ3) is 5.51. The number of likely N-dealkylation sites (tertiary alicyclic amines) is 1. The zero-order valence-electron chi connectivity index (χ0n) is 12.9. The van der Waals surface area contributed by atoms with Gasteiger partial charge in [-0.2, -0.15) is 0 Å². The van der Waals surface area contributed by atoms with E-state index < -0.39 is 6.03 Å². The van der Waals surface area contributed by atoms with Crippen LogP contribution in [0.4, 0.5) is 4.79 Å². The molecule has 2 fully saturated rings. The molecule has 23 heavy (non-hydrogen) atoms. The summed E-state index contributed by atoms with van der Waals surface area (Å²) in [6.07, 6.45) is 5.67. The molecule has 3 amide bonds. The topological polar surface area (TPSA) is 100 Å². The van der Waals surface area contributed by atoms with E-state index in [1.54, 1.807) is 0 Å². The molecule has 126 valence electrons. The number of hydrogen-bond acceptors (Lipinski definition) is 7. The fourth-order valence-electron chi connectivity index (χ4n) is 2.41. The lowest BCUT2D eigenvalue weighted by Crippen LogP contribution is -2.41. The van der Waals surface area contributed by atoms with Gasteiger partial charge in [0.15, 0.2) is 0 Å². The molecule has 9 heteroatoms. The van der Waals surface area contributed by atoms with Crippen molar-refractivity contribution < 1.29 is 14.0 Å². The highest BCUT2D eigenvalue weighted by Gasteiger charge is 2.24. The number of urea groups is 1. The van der Waals surface area contributed by atoms with E-state index in [4.69, 9.17) is 4.42 Å². The Morgan fingerprint density at radius 3 is 2.74 bits per heavy atom. The summed E-state index contributed by atoms with van der Waals surface area (Å²) in [4.78, 5) is 25.4. The molecule has 0 atom stereocenters. The normalized spacial score (nSPS) is 18.6. The van der Waals surface area contributed by atoms with Crippen LogP contribution in [0.1, 0.15) is 38.0 Å². The maximum absolute atomic E-state index is 11.7. The summed E-state index contributed by atoms with van der Waals surface area (Å²) in [6.45, 7) is 2.77. The molecule has 2 aliphatic rings. The van der Waals surface area contributed by atoms with Crippen molar-refractivity contribution in [3.63, 3.8) is 0 Å². The second kappa shape index (κ2) is 7.78. The Kier molecular flexibility index (Phi) is 5.50. The number of imide groups is 1. The first-order chi connectivity index (χ1) is 11.2. The summed E-state index contributed by atoms with van der Waals surface area (Å²) in [6, 6.07) is -0.210. The van der Waals surface area contributed by atoms with Crippen LogP contribution >= 0.6 is 11.8 Å². The van der Waals surface area contributed by atoms with E-state index in [0.717, 1.165) is 37.7 Å². The summed E-state index contributed by atoms with van der Waals surface area (Å²) >= 11 is 1.14. The van der Waals surface area contributed by atoms with E-state index >= 15 is 0 Å². The predicted molar refractivity (Wildman–Crippen MR) is 83.8 cm³/mol. The van der Waals surface area contributed by atoms with E-state index in [2.05, 4.69) is 25.7 Å². The minimum atomic E-state index is -0.436. The summed E-state index contributed by atoms with van der Waals surface area (Å²) in [7, 11) is 0. The first-order valence-corrected chi connectivity index (χ1v) is 8.95. The summed E-state index contributed by atoms with van der Waals surface area (Å²) in [5.41, 5.74) is 0.